The summed E-state index contributed by atoms with van der Waals surface area (Å²) in [5.41, 5.74) is 1.46. The van der Waals surface area contributed by atoms with Gasteiger partial charge in [-0.3, -0.25) is 9.52 Å². The molecule has 258 valence electrons. The number of anilines is 2. The zero-order valence-electron chi connectivity index (χ0n) is 27.7. The zero-order valence-corrected chi connectivity index (χ0v) is 29.3. The molecular weight excluding hydrogens is 647 g/mol. The van der Waals surface area contributed by atoms with Crippen molar-refractivity contribution in [2.45, 2.75) is 76.3 Å². The molecule has 4 rings (SSSR count). The average Bonchev–Trinajstić information content (AvgIpc) is 3.69. The highest BCUT2D eigenvalue weighted by atomic mass is 32.2. The van der Waals surface area contributed by atoms with E-state index in [4.69, 9.17) is 14.0 Å². The number of hydrogen-bond donors (Lipinski definition) is 3. The van der Waals surface area contributed by atoms with Gasteiger partial charge in [0.25, 0.3) is 15.9 Å². The molecule has 3 amide bonds. The van der Waals surface area contributed by atoms with Crippen molar-refractivity contribution < 1.29 is 37.1 Å². The van der Waals surface area contributed by atoms with E-state index in [1.807, 2.05) is 13.8 Å². The molecule has 47 heavy (non-hydrogen) atoms. The van der Waals surface area contributed by atoms with E-state index in [1.165, 1.54) is 17.0 Å². The second kappa shape index (κ2) is 16.0. The van der Waals surface area contributed by atoms with Crippen molar-refractivity contribution in [2.75, 3.05) is 43.4 Å². The molecule has 0 saturated heterocycles. The molecule has 0 spiro atoms. The van der Waals surface area contributed by atoms with E-state index in [1.54, 1.807) is 56.3 Å². The molecule has 1 aliphatic rings. The first-order valence-electron chi connectivity index (χ1n) is 15.7. The van der Waals surface area contributed by atoms with E-state index in [2.05, 4.69) is 15.2 Å². The number of urea groups is 1. The number of carbonyl (C=O) groups excluding carboxylic acids is 2. The second-order valence-corrected chi connectivity index (χ2v) is 14.9. The number of sulfonamides is 1. The Kier molecular flexibility index (Phi) is 12.3. The Morgan fingerprint density at radius 3 is 2.66 bits per heavy atom. The largest absolute Gasteiger partial charge is 0.490 e. The number of amides is 3. The van der Waals surface area contributed by atoms with Crippen LogP contribution in [-0.2, 0) is 14.8 Å². The van der Waals surface area contributed by atoms with Crippen molar-refractivity contribution in [1.29, 1.82) is 0 Å². The number of likely N-dealkylation sites (N-methyl/N-ethyl adjacent to an activating group) is 1. The number of aromatic nitrogens is 1. The molecule has 1 aliphatic heterocycles. The molecule has 3 N–H and O–H groups in total. The molecule has 4 atom stereocenters. The van der Waals surface area contributed by atoms with Gasteiger partial charge in [0.2, 0.25) is 0 Å². The number of benzene rings is 1. The number of aliphatic hydroxyl groups is 1. The van der Waals surface area contributed by atoms with Gasteiger partial charge in [-0.15, -0.1) is 11.3 Å². The molecule has 3 aromatic rings. The SMILES string of the molecule is Cc1noc(C)c1NC(=O)N(C)C[C@H]1OCCCC[C@H](C)Oc2ccc(NS(=O)(=O)c3cccs3)cc2C(=O)N([C@@H](C)CO)C[C@@H]1C. The van der Waals surface area contributed by atoms with Crippen LogP contribution in [0.4, 0.5) is 16.2 Å². The van der Waals surface area contributed by atoms with Gasteiger partial charge < -0.3 is 34.2 Å². The van der Waals surface area contributed by atoms with E-state index in [9.17, 15) is 23.1 Å². The van der Waals surface area contributed by atoms with Crippen molar-refractivity contribution in [2.24, 2.45) is 5.92 Å². The fourth-order valence-corrected chi connectivity index (χ4v) is 7.33. The summed E-state index contributed by atoms with van der Waals surface area (Å²) in [7, 11) is -2.20. The first-order valence-corrected chi connectivity index (χ1v) is 18.0. The van der Waals surface area contributed by atoms with Gasteiger partial charge in [0.05, 0.1) is 30.4 Å². The Labute approximate surface area is 280 Å². The maximum atomic E-state index is 14.3. The molecule has 3 heterocycles. The fourth-order valence-electron chi connectivity index (χ4n) is 5.29. The van der Waals surface area contributed by atoms with Crippen LogP contribution in [0, 0.1) is 19.8 Å². The smallest absolute Gasteiger partial charge is 0.321 e. The summed E-state index contributed by atoms with van der Waals surface area (Å²) >= 11 is 1.09. The van der Waals surface area contributed by atoms with E-state index < -0.39 is 28.1 Å². The van der Waals surface area contributed by atoms with Gasteiger partial charge in [-0.2, -0.15) is 0 Å². The van der Waals surface area contributed by atoms with E-state index in [0.29, 0.717) is 35.9 Å². The Hall–Kier alpha value is -3.66. The normalized spacial score (nSPS) is 20.4. The van der Waals surface area contributed by atoms with Crippen LogP contribution in [0.5, 0.6) is 5.75 Å². The molecular formula is C32H45N5O8S2. The molecule has 0 bridgehead atoms. The lowest BCUT2D eigenvalue weighted by Crippen LogP contribution is -2.48. The summed E-state index contributed by atoms with van der Waals surface area (Å²) in [5, 5.41) is 18.6. The molecule has 13 nitrogen and oxygen atoms in total. The van der Waals surface area contributed by atoms with Crippen LogP contribution in [-0.4, -0.2) is 92.0 Å². The number of nitrogens with one attached hydrogen (secondary N) is 2. The number of aryl methyl sites for hydroxylation is 2. The lowest BCUT2D eigenvalue weighted by atomic mass is 10.0. The van der Waals surface area contributed by atoms with Crippen LogP contribution in [0.2, 0.25) is 0 Å². The summed E-state index contributed by atoms with van der Waals surface area (Å²) in [6.07, 6.45) is 1.57. The number of carbonyl (C=O) groups is 2. The standard InChI is InChI=1S/C32H45N5O8S2/c1-20-17-37(21(2)19-38)31(39)26-16-25(35-47(41,42)29-11-9-15-46-29)12-13-27(26)44-22(3)10-7-8-14-43-28(20)18-36(6)32(40)33-30-23(4)34-45-24(30)5/h9,11-13,15-16,20-22,28,35,38H,7-8,10,14,17-19H2,1-6H3,(H,33,40)/t20-,21-,22-,28+/m0/s1. The maximum Gasteiger partial charge on any atom is 0.321 e. The molecule has 2 aromatic heterocycles. The highest BCUT2D eigenvalue weighted by Crippen LogP contribution is 2.30. The number of nitrogens with zero attached hydrogens (tertiary/aromatic N) is 3. The van der Waals surface area contributed by atoms with Gasteiger partial charge in [0.1, 0.15) is 21.3 Å². The number of fused-ring (bicyclic) bond motifs is 1. The summed E-state index contributed by atoms with van der Waals surface area (Å²) in [6.45, 7) is 9.62. The average molecular weight is 692 g/mol. The fraction of sp³-hybridized carbons (Fsp3) is 0.531. The Morgan fingerprint density at radius 1 is 1.23 bits per heavy atom. The second-order valence-electron chi connectivity index (χ2n) is 12.1. The highest BCUT2D eigenvalue weighted by Gasteiger charge is 2.31. The number of thiophene rings is 1. The third kappa shape index (κ3) is 9.24. The quantitative estimate of drug-likeness (QED) is 0.291. The number of aliphatic hydroxyl groups excluding tert-OH is 1. The van der Waals surface area contributed by atoms with Crippen molar-refractivity contribution in [3.8, 4) is 5.75 Å². The number of hydrogen-bond acceptors (Lipinski definition) is 10. The van der Waals surface area contributed by atoms with Gasteiger partial charge in [-0.05, 0) is 76.6 Å². The summed E-state index contributed by atoms with van der Waals surface area (Å²) in [5.74, 6) is 0.122. The van der Waals surface area contributed by atoms with Crippen LogP contribution in [0.25, 0.3) is 0 Å². The first-order chi connectivity index (χ1) is 22.3. The molecule has 0 aliphatic carbocycles. The maximum absolute atomic E-state index is 14.3. The number of ether oxygens (including phenoxy) is 2. The lowest BCUT2D eigenvalue weighted by molar-refractivity contribution is -0.0115. The predicted octanol–water partition coefficient (Wildman–Crippen LogP) is 5.11. The minimum absolute atomic E-state index is 0.148. The van der Waals surface area contributed by atoms with E-state index >= 15 is 0 Å². The van der Waals surface area contributed by atoms with Crippen molar-refractivity contribution in [3.63, 3.8) is 0 Å². The third-order valence-electron chi connectivity index (χ3n) is 8.13. The van der Waals surface area contributed by atoms with Gasteiger partial charge in [0, 0.05) is 38.3 Å². The summed E-state index contributed by atoms with van der Waals surface area (Å²) in [4.78, 5) is 30.5. The van der Waals surface area contributed by atoms with Crippen molar-refractivity contribution in [3.05, 3.63) is 52.7 Å². The molecule has 1 aromatic carbocycles. The van der Waals surface area contributed by atoms with Crippen molar-refractivity contribution in [1.82, 2.24) is 15.0 Å². The van der Waals surface area contributed by atoms with Gasteiger partial charge in [-0.1, -0.05) is 18.1 Å². The molecule has 15 heteroatoms. The van der Waals surface area contributed by atoms with Crippen molar-refractivity contribution >= 4 is 44.7 Å². The molecule has 0 saturated carbocycles. The Morgan fingerprint density at radius 2 is 2.00 bits per heavy atom. The van der Waals surface area contributed by atoms with Crippen LogP contribution < -0.4 is 14.8 Å². The van der Waals surface area contributed by atoms with E-state index in [-0.39, 0.29) is 53.2 Å². The lowest BCUT2D eigenvalue weighted by Gasteiger charge is -2.35. The minimum Gasteiger partial charge on any atom is -0.490 e. The van der Waals surface area contributed by atoms with Gasteiger partial charge in [-0.25, -0.2) is 13.2 Å². The van der Waals surface area contributed by atoms with Crippen LogP contribution >= 0.6 is 11.3 Å². The topological polar surface area (TPSA) is 164 Å². The predicted molar refractivity (Wildman–Crippen MR) is 180 cm³/mol. The van der Waals surface area contributed by atoms with Gasteiger partial charge in [0.15, 0.2) is 5.76 Å². The van der Waals surface area contributed by atoms with Gasteiger partial charge >= 0.3 is 6.03 Å². The monoisotopic (exact) mass is 691 g/mol. The minimum atomic E-state index is -3.86. The first kappa shape index (κ1) is 36.2. The third-order valence-corrected chi connectivity index (χ3v) is 10.9. The Balaban J connectivity index is 1.62. The highest BCUT2D eigenvalue weighted by molar-refractivity contribution is 7.94. The van der Waals surface area contributed by atoms with Crippen LogP contribution in [0.15, 0.2) is 44.4 Å². The van der Waals surface area contributed by atoms with Crippen LogP contribution in [0.3, 0.4) is 0 Å². The molecule has 0 unspecified atom stereocenters. The summed E-state index contributed by atoms with van der Waals surface area (Å²) < 4.78 is 46.4. The molecule has 0 radical (unpaired) electrons. The Bertz CT molecular complexity index is 1590. The zero-order chi connectivity index (χ0) is 34.3. The summed E-state index contributed by atoms with van der Waals surface area (Å²) in [6, 6.07) is 6.86. The molecule has 0 fully saturated rings. The van der Waals surface area contributed by atoms with E-state index in [0.717, 1.165) is 24.2 Å². The van der Waals surface area contributed by atoms with Crippen LogP contribution in [0.1, 0.15) is 61.8 Å². The number of rotatable bonds is 8.